The molecule has 0 aromatic rings. The van der Waals surface area contributed by atoms with E-state index >= 15 is 0 Å². The van der Waals surface area contributed by atoms with Gasteiger partial charge in [-0.15, -0.1) is 0 Å². The summed E-state index contributed by atoms with van der Waals surface area (Å²) in [6, 6.07) is 0. The van der Waals surface area contributed by atoms with E-state index < -0.39 is 0 Å². The highest BCUT2D eigenvalue weighted by Gasteiger charge is 2.31. The molecule has 0 saturated carbocycles. The smallest absolute Gasteiger partial charge is 0.306 e. The van der Waals surface area contributed by atoms with Crippen LogP contribution in [0.4, 0.5) is 0 Å². The van der Waals surface area contributed by atoms with Crippen LogP contribution < -0.4 is 0 Å². The zero-order valence-electron chi connectivity index (χ0n) is 7.23. The summed E-state index contributed by atoms with van der Waals surface area (Å²) in [6.45, 7) is 0. The van der Waals surface area contributed by atoms with E-state index in [-0.39, 0.29) is 23.9 Å². The second-order valence-electron chi connectivity index (χ2n) is 3.44. The summed E-state index contributed by atoms with van der Waals surface area (Å²) in [5.74, 6) is -0.0985. The van der Waals surface area contributed by atoms with Crippen molar-refractivity contribution in [2.75, 3.05) is 0 Å². The fourth-order valence-electron chi connectivity index (χ4n) is 1.74. The first-order valence-corrected chi connectivity index (χ1v) is 4.52. The van der Waals surface area contributed by atoms with Crippen LogP contribution in [0.2, 0.25) is 0 Å². The summed E-state index contributed by atoms with van der Waals surface area (Å²) in [5, 5.41) is 0. The normalized spacial score (nSPS) is 33.5. The minimum atomic E-state index is -0.149. The quantitative estimate of drug-likeness (QED) is 0.517. The van der Waals surface area contributed by atoms with Crippen LogP contribution in [0, 0.1) is 5.92 Å². The Hall–Kier alpha value is -1.19. The molecule has 2 aliphatic heterocycles. The van der Waals surface area contributed by atoms with Gasteiger partial charge >= 0.3 is 5.97 Å². The first-order valence-electron chi connectivity index (χ1n) is 4.52. The molecule has 1 saturated heterocycles. The highest BCUT2D eigenvalue weighted by atomic mass is 16.5. The number of amides is 1. The van der Waals surface area contributed by atoms with Gasteiger partial charge in [0.05, 0.1) is 0 Å². The number of carbonyl (C=O) groups excluding carboxylic acids is 2. The molecule has 70 valence electrons. The number of rotatable bonds is 0. The Morgan fingerprint density at radius 2 is 2.15 bits per heavy atom. The van der Waals surface area contributed by atoms with Gasteiger partial charge in [-0.2, -0.15) is 0 Å². The Kier molecular flexibility index (Phi) is 2.12. The predicted octanol–water partition coefficient (Wildman–Crippen LogP) is 0.699. The van der Waals surface area contributed by atoms with Crippen LogP contribution in [0.5, 0.6) is 0 Å². The fraction of sp³-hybridized carbons (Fsp3) is 0.667. The number of ether oxygens (including phenoxy) is 1. The third-order valence-electron chi connectivity index (χ3n) is 2.49. The van der Waals surface area contributed by atoms with E-state index in [1.807, 2.05) is 0 Å². The van der Waals surface area contributed by atoms with E-state index in [1.165, 1.54) is 0 Å². The SMILES string of the molecule is O=C1CCC2OC(=O)CCC2C=N1. The van der Waals surface area contributed by atoms with E-state index in [0.29, 0.717) is 19.3 Å². The van der Waals surface area contributed by atoms with E-state index in [0.717, 1.165) is 6.42 Å². The molecule has 2 unspecified atom stereocenters. The minimum absolute atomic E-state index is 0.106. The summed E-state index contributed by atoms with van der Waals surface area (Å²) >= 11 is 0. The second kappa shape index (κ2) is 3.28. The number of hydrogen-bond donors (Lipinski definition) is 0. The standard InChI is InChI=1S/C9H11NO3/c11-8-3-2-7-6(5-10-8)1-4-9(12)13-7/h5-7H,1-4H2. The molecule has 2 aliphatic rings. The third-order valence-corrected chi connectivity index (χ3v) is 2.49. The van der Waals surface area contributed by atoms with Gasteiger partial charge in [0.2, 0.25) is 5.91 Å². The van der Waals surface area contributed by atoms with E-state index in [2.05, 4.69) is 4.99 Å². The van der Waals surface area contributed by atoms with Gasteiger partial charge in [0.1, 0.15) is 6.10 Å². The van der Waals surface area contributed by atoms with Gasteiger partial charge in [-0.3, -0.25) is 9.59 Å². The highest BCUT2D eigenvalue weighted by Crippen LogP contribution is 2.25. The molecule has 2 rings (SSSR count). The summed E-state index contributed by atoms with van der Waals surface area (Å²) in [7, 11) is 0. The number of nitrogens with zero attached hydrogens (tertiary/aromatic N) is 1. The van der Waals surface area contributed by atoms with Gasteiger partial charge in [-0.05, 0) is 12.8 Å². The molecule has 4 heteroatoms. The van der Waals surface area contributed by atoms with Crippen molar-refractivity contribution in [3.8, 4) is 0 Å². The van der Waals surface area contributed by atoms with E-state index in [4.69, 9.17) is 4.74 Å². The van der Waals surface area contributed by atoms with E-state index in [1.54, 1.807) is 6.21 Å². The first-order chi connectivity index (χ1) is 6.25. The molecule has 0 radical (unpaired) electrons. The molecule has 0 aromatic carbocycles. The zero-order chi connectivity index (χ0) is 9.26. The Bertz CT molecular complexity index is 272. The lowest BCUT2D eigenvalue weighted by Crippen LogP contribution is -2.32. The van der Waals surface area contributed by atoms with Crippen LogP contribution in [-0.2, 0) is 14.3 Å². The largest absolute Gasteiger partial charge is 0.462 e. The molecule has 2 heterocycles. The van der Waals surface area contributed by atoms with Crippen LogP contribution >= 0.6 is 0 Å². The Morgan fingerprint density at radius 1 is 1.31 bits per heavy atom. The van der Waals surface area contributed by atoms with Crippen molar-refractivity contribution in [1.82, 2.24) is 0 Å². The van der Waals surface area contributed by atoms with Crippen molar-refractivity contribution in [3.05, 3.63) is 0 Å². The predicted molar refractivity (Wildman–Crippen MR) is 45.3 cm³/mol. The average Bonchev–Trinajstić information content (AvgIpc) is 2.29. The Balaban J connectivity index is 2.11. The zero-order valence-corrected chi connectivity index (χ0v) is 7.23. The Morgan fingerprint density at radius 3 is 3.00 bits per heavy atom. The topological polar surface area (TPSA) is 55.7 Å². The molecular weight excluding hydrogens is 170 g/mol. The van der Waals surface area contributed by atoms with Crippen LogP contribution in [-0.4, -0.2) is 24.2 Å². The third kappa shape index (κ3) is 1.76. The molecule has 0 aromatic heterocycles. The average molecular weight is 181 g/mol. The maximum atomic E-state index is 11.0. The number of fused-ring (bicyclic) bond motifs is 1. The monoisotopic (exact) mass is 181 g/mol. The summed E-state index contributed by atoms with van der Waals surface area (Å²) in [4.78, 5) is 25.7. The molecule has 0 bridgehead atoms. The van der Waals surface area contributed by atoms with Crippen molar-refractivity contribution in [1.29, 1.82) is 0 Å². The molecule has 2 atom stereocenters. The molecule has 1 fully saturated rings. The second-order valence-corrected chi connectivity index (χ2v) is 3.44. The summed E-state index contributed by atoms with van der Waals surface area (Å²) < 4.78 is 5.14. The maximum Gasteiger partial charge on any atom is 0.306 e. The van der Waals surface area contributed by atoms with Crippen molar-refractivity contribution in [2.45, 2.75) is 31.8 Å². The van der Waals surface area contributed by atoms with Gasteiger partial charge in [0.25, 0.3) is 0 Å². The first kappa shape index (κ1) is 8.41. The van der Waals surface area contributed by atoms with Crippen molar-refractivity contribution in [3.63, 3.8) is 0 Å². The molecule has 0 spiro atoms. The minimum Gasteiger partial charge on any atom is -0.462 e. The lowest BCUT2D eigenvalue weighted by molar-refractivity contribution is -0.156. The summed E-state index contributed by atoms with van der Waals surface area (Å²) in [5.41, 5.74) is 0. The van der Waals surface area contributed by atoms with E-state index in [9.17, 15) is 9.59 Å². The van der Waals surface area contributed by atoms with Gasteiger partial charge in [-0.25, -0.2) is 4.99 Å². The van der Waals surface area contributed by atoms with Gasteiger partial charge in [0.15, 0.2) is 0 Å². The van der Waals surface area contributed by atoms with Crippen molar-refractivity contribution < 1.29 is 14.3 Å². The van der Waals surface area contributed by atoms with Crippen LogP contribution in [0.1, 0.15) is 25.7 Å². The van der Waals surface area contributed by atoms with Crippen LogP contribution in [0.3, 0.4) is 0 Å². The molecular formula is C9H11NO3. The maximum absolute atomic E-state index is 11.0. The number of aliphatic imine (C=N–C) groups is 1. The number of carbonyl (C=O) groups is 2. The highest BCUT2D eigenvalue weighted by molar-refractivity contribution is 5.87. The lowest BCUT2D eigenvalue weighted by Gasteiger charge is -2.26. The van der Waals surface area contributed by atoms with Crippen molar-refractivity contribution >= 4 is 18.1 Å². The summed E-state index contributed by atoms with van der Waals surface area (Å²) in [6.07, 6.45) is 3.75. The van der Waals surface area contributed by atoms with Crippen molar-refractivity contribution in [2.24, 2.45) is 10.9 Å². The van der Waals surface area contributed by atoms with Crippen LogP contribution in [0.15, 0.2) is 4.99 Å². The number of hydrogen-bond acceptors (Lipinski definition) is 3. The molecule has 4 nitrogen and oxygen atoms in total. The molecule has 13 heavy (non-hydrogen) atoms. The molecule has 0 aliphatic carbocycles. The van der Waals surface area contributed by atoms with Gasteiger partial charge < -0.3 is 4.74 Å². The van der Waals surface area contributed by atoms with Crippen LogP contribution in [0.25, 0.3) is 0 Å². The fourth-order valence-corrected chi connectivity index (χ4v) is 1.74. The molecule has 1 amide bonds. The van der Waals surface area contributed by atoms with Gasteiger partial charge in [0, 0.05) is 25.0 Å². The molecule has 0 N–H and O–H groups in total. The number of esters is 1. The lowest BCUT2D eigenvalue weighted by atomic mass is 9.93. The Labute approximate surface area is 76.0 Å². The van der Waals surface area contributed by atoms with Gasteiger partial charge in [-0.1, -0.05) is 0 Å².